The molecule has 18 nitrogen and oxygen atoms in total. The summed E-state index contributed by atoms with van der Waals surface area (Å²) in [7, 11) is 0. The van der Waals surface area contributed by atoms with Crippen LogP contribution in [0.4, 0.5) is 0 Å². The van der Waals surface area contributed by atoms with Gasteiger partial charge in [-0.25, -0.2) is 4.79 Å². The standard InChI is InChI=1S/C38H48O18/c1-2-23-24(15-28(42)52-18-27-30(44)32(46)33(47)37(55-27)51-14-12-20-5-9-22(41)10-6-20)25(35(49)50-13-11-19-3-7-21(40)8-4-19)17-53-36(23)56-38-34(48)31(45)29(43)26(16-39)54-38/h2-10,17,24,26-27,29-34,36-41,43-48H,11-16,18H2,1H3/b23-2+/t24-,26-,27-,29-,30-,31+,32+,33-,34-,36+,37-,38+/m1/s1. The molecule has 56 heavy (non-hydrogen) atoms. The summed E-state index contributed by atoms with van der Waals surface area (Å²) >= 11 is 0. The van der Waals surface area contributed by atoms with Crippen LogP contribution in [0.3, 0.4) is 0 Å². The normalized spacial score (nSPS) is 32.6. The van der Waals surface area contributed by atoms with E-state index < -0.39 is 105 Å². The molecule has 18 heteroatoms. The Morgan fingerprint density at radius 1 is 0.714 bits per heavy atom. The maximum atomic E-state index is 13.4. The molecule has 2 fully saturated rings. The zero-order valence-corrected chi connectivity index (χ0v) is 30.4. The summed E-state index contributed by atoms with van der Waals surface area (Å²) in [5.41, 5.74) is 1.62. The number of aliphatic hydroxyl groups is 7. The summed E-state index contributed by atoms with van der Waals surface area (Å²) in [6.07, 6.45) is -14.7. The second kappa shape index (κ2) is 19.8. The lowest BCUT2D eigenvalue weighted by atomic mass is 9.86. The molecule has 3 aliphatic heterocycles. The van der Waals surface area contributed by atoms with E-state index in [-0.39, 0.29) is 42.3 Å². The molecule has 0 aliphatic carbocycles. The van der Waals surface area contributed by atoms with E-state index in [0.717, 1.165) is 17.4 Å². The first-order valence-electron chi connectivity index (χ1n) is 18.0. The van der Waals surface area contributed by atoms with Crippen molar-refractivity contribution in [3.63, 3.8) is 0 Å². The maximum Gasteiger partial charge on any atom is 0.337 e. The van der Waals surface area contributed by atoms with Gasteiger partial charge in [0.05, 0.1) is 38.1 Å². The molecule has 308 valence electrons. The Kier molecular flexibility index (Phi) is 15.2. The fourth-order valence-corrected chi connectivity index (χ4v) is 6.36. The highest BCUT2D eigenvalue weighted by Crippen LogP contribution is 2.36. The Labute approximate surface area is 321 Å². The van der Waals surface area contributed by atoms with Gasteiger partial charge in [0.1, 0.15) is 66.9 Å². The molecule has 2 saturated heterocycles. The van der Waals surface area contributed by atoms with Crippen molar-refractivity contribution < 1.29 is 88.7 Å². The molecule has 0 spiro atoms. The third-order valence-electron chi connectivity index (χ3n) is 9.66. The minimum Gasteiger partial charge on any atom is -0.508 e. The minimum absolute atomic E-state index is 0.0320. The van der Waals surface area contributed by atoms with Crippen LogP contribution in [0.15, 0.2) is 72.0 Å². The van der Waals surface area contributed by atoms with E-state index in [4.69, 9.17) is 33.2 Å². The Morgan fingerprint density at radius 2 is 1.27 bits per heavy atom. The molecular weight excluding hydrogens is 744 g/mol. The van der Waals surface area contributed by atoms with Crippen LogP contribution in [-0.2, 0) is 55.6 Å². The third kappa shape index (κ3) is 10.6. The smallest absolute Gasteiger partial charge is 0.337 e. The zero-order valence-electron chi connectivity index (χ0n) is 30.4. The van der Waals surface area contributed by atoms with Crippen LogP contribution in [0.1, 0.15) is 24.5 Å². The zero-order chi connectivity index (χ0) is 40.5. The average molecular weight is 793 g/mol. The second-order valence-corrected chi connectivity index (χ2v) is 13.5. The predicted octanol–water partition coefficient (Wildman–Crippen LogP) is -1.20. The monoisotopic (exact) mass is 792 g/mol. The molecule has 0 saturated carbocycles. The first-order chi connectivity index (χ1) is 26.8. The van der Waals surface area contributed by atoms with Crippen LogP contribution in [0.5, 0.6) is 11.5 Å². The van der Waals surface area contributed by atoms with E-state index in [2.05, 4.69) is 0 Å². The molecule has 0 unspecified atom stereocenters. The summed E-state index contributed by atoms with van der Waals surface area (Å²) < 4.78 is 39.2. The van der Waals surface area contributed by atoms with Crippen molar-refractivity contribution in [1.29, 1.82) is 0 Å². The molecule has 5 rings (SSSR count). The molecule has 12 atom stereocenters. The lowest BCUT2D eigenvalue weighted by Crippen LogP contribution is -2.60. The number of carbonyl (C=O) groups is 2. The highest BCUT2D eigenvalue weighted by atomic mass is 16.8. The number of rotatable bonds is 15. The van der Waals surface area contributed by atoms with Crippen LogP contribution >= 0.6 is 0 Å². The van der Waals surface area contributed by atoms with Crippen molar-refractivity contribution in [1.82, 2.24) is 0 Å². The predicted molar refractivity (Wildman–Crippen MR) is 188 cm³/mol. The Hall–Kier alpha value is -4.18. The summed E-state index contributed by atoms with van der Waals surface area (Å²) in [4.78, 5) is 26.9. The topological polar surface area (TPSA) is 281 Å². The quantitative estimate of drug-likeness (QED) is 0.0757. The van der Waals surface area contributed by atoms with E-state index >= 15 is 0 Å². The minimum atomic E-state index is -1.79. The number of hydrogen-bond donors (Lipinski definition) is 9. The van der Waals surface area contributed by atoms with Crippen LogP contribution < -0.4 is 0 Å². The van der Waals surface area contributed by atoms with Gasteiger partial charge in [-0.1, -0.05) is 30.3 Å². The number of phenols is 2. The van der Waals surface area contributed by atoms with Gasteiger partial charge in [-0.3, -0.25) is 4.79 Å². The lowest BCUT2D eigenvalue weighted by molar-refractivity contribution is -0.327. The van der Waals surface area contributed by atoms with E-state index in [0.29, 0.717) is 6.42 Å². The van der Waals surface area contributed by atoms with Crippen LogP contribution in [0.2, 0.25) is 0 Å². The Bertz CT molecular complexity index is 1640. The van der Waals surface area contributed by atoms with Gasteiger partial charge in [-0.15, -0.1) is 0 Å². The van der Waals surface area contributed by atoms with Crippen molar-refractivity contribution in [2.45, 2.75) is 93.9 Å². The van der Waals surface area contributed by atoms with Crippen molar-refractivity contribution in [3.05, 3.63) is 83.1 Å². The molecule has 3 heterocycles. The molecule has 0 amide bonds. The highest BCUT2D eigenvalue weighted by Gasteiger charge is 2.48. The van der Waals surface area contributed by atoms with Gasteiger partial charge in [0, 0.05) is 17.9 Å². The van der Waals surface area contributed by atoms with E-state index in [9.17, 15) is 55.5 Å². The number of aromatic hydroxyl groups is 2. The number of carbonyl (C=O) groups excluding carboxylic acids is 2. The van der Waals surface area contributed by atoms with Crippen molar-refractivity contribution >= 4 is 11.9 Å². The third-order valence-corrected chi connectivity index (χ3v) is 9.66. The number of ether oxygens (including phenoxy) is 7. The van der Waals surface area contributed by atoms with Crippen molar-refractivity contribution in [2.75, 3.05) is 26.4 Å². The molecule has 9 N–H and O–H groups in total. The van der Waals surface area contributed by atoms with Gasteiger partial charge in [0.2, 0.25) is 6.29 Å². The van der Waals surface area contributed by atoms with Crippen molar-refractivity contribution in [2.24, 2.45) is 5.92 Å². The molecule has 0 bridgehead atoms. The lowest BCUT2D eigenvalue weighted by Gasteiger charge is -2.42. The Balaban J connectivity index is 1.26. The second-order valence-electron chi connectivity index (χ2n) is 13.5. The summed E-state index contributed by atoms with van der Waals surface area (Å²) in [6.45, 7) is 0.183. The van der Waals surface area contributed by atoms with Gasteiger partial charge in [0.15, 0.2) is 12.6 Å². The van der Waals surface area contributed by atoms with Gasteiger partial charge >= 0.3 is 11.9 Å². The first kappa shape index (κ1) is 43.0. The number of phenolic OH excluding ortho intramolecular Hbond substituents is 2. The molecule has 2 aromatic carbocycles. The van der Waals surface area contributed by atoms with E-state index in [1.807, 2.05) is 0 Å². The molecular formula is C38H48O18. The van der Waals surface area contributed by atoms with E-state index in [1.54, 1.807) is 31.2 Å². The average Bonchev–Trinajstić information content (AvgIpc) is 3.19. The number of benzene rings is 2. The molecule has 3 aliphatic rings. The van der Waals surface area contributed by atoms with Gasteiger partial charge in [-0.05, 0) is 48.7 Å². The summed E-state index contributed by atoms with van der Waals surface area (Å²) in [5, 5.41) is 91.3. The number of aliphatic hydroxyl groups excluding tert-OH is 7. The van der Waals surface area contributed by atoms with Gasteiger partial charge < -0.3 is 79.1 Å². The summed E-state index contributed by atoms with van der Waals surface area (Å²) in [5.74, 6) is -2.74. The number of hydrogen-bond acceptors (Lipinski definition) is 18. The Morgan fingerprint density at radius 3 is 1.86 bits per heavy atom. The fourth-order valence-electron chi connectivity index (χ4n) is 6.36. The maximum absolute atomic E-state index is 13.4. The number of allylic oxidation sites excluding steroid dienone is 1. The molecule has 0 radical (unpaired) electrons. The SMILES string of the molecule is C/C=C1/[C@H](O[C@@H]2O[C@H](CO)[C@@H](O)[C@H](O)[C@H]2O)OC=C(C(=O)OCCc2ccc(O)cc2)[C@@H]1CC(=O)OC[C@H]1O[C@@H](OCCc2ccc(O)cc2)[C@H](O)[C@@H](O)[C@@H]1O. The fraction of sp³-hybridized carbons (Fsp3) is 0.526. The van der Waals surface area contributed by atoms with Crippen LogP contribution in [0, 0.1) is 5.92 Å². The van der Waals surface area contributed by atoms with Crippen LogP contribution in [-0.4, -0.2) is 152 Å². The summed E-state index contributed by atoms with van der Waals surface area (Å²) in [6, 6.07) is 12.6. The van der Waals surface area contributed by atoms with E-state index in [1.165, 1.54) is 30.3 Å². The van der Waals surface area contributed by atoms with Gasteiger partial charge in [-0.2, -0.15) is 0 Å². The van der Waals surface area contributed by atoms with Crippen molar-refractivity contribution in [3.8, 4) is 11.5 Å². The first-order valence-corrected chi connectivity index (χ1v) is 18.0. The van der Waals surface area contributed by atoms with Gasteiger partial charge in [0.25, 0.3) is 0 Å². The molecule has 2 aromatic rings. The number of esters is 2. The highest BCUT2D eigenvalue weighted by molar-refractivity contribution is 5.91. The van der Waals surface area contributed by atoms with Crippen LogP contribution in [0.25, 0.3) is 0 Å². The largest absolute Gasteiger partial charge is 0.508 e. The molecule has 0 aromatic heterocycles.